The van der Waals surface area contributed by atoms with Crippen molar-refractivity contribution in [3.63, 3.8) is 0 Å². The number of fused-ring (bicyclic) bond motifs is 3. The van der Waals surface area contributed by atoms with Crippen LogP contribution >= 0.6 is 0 Å². The molecule has 1 fully saturated rings. The van der Waals surface area contributed by atoms with Gasteiger partial charge in [-0.3, -0.25) is 14.8 Å². The first-order chi connectivity index (χ1) is 12.7. The van der Waals surface area contributed by atoms with E-state index in [-0.39, 0.29) is 5.56 Å². The van der Waals surface area contributed by atoms with Crippen molar-refractivity contribution in [3.05, 3.63) is 39.8 Å². The summed E-state index contributed by atoms with van der Waals surface area (Å²) in [6, 6.07) is 6.45. The van der Waals surface area contributed by atoms with E-state index in [2.05, 4.69) is 33.3 Å². The van der Waals surface area contributed by atoms with Gasteiger partial charge >= 0.3 is 0 Å². The number of H-pyrrole nitrogens is 1. The van der Waals surface area contributed by atoms with E-state index in [0.29, 0.717) is 18.5 Å². The van der Waals surface area contributed by atoms with Crippen molar-refractivity contribution >= 4 is 21.8 Å². The van der Waals surface area contributed by atoms with Gasteiger partial charge in [0.05, 0.1) is 10.9 Å². The summed E-state index contributed by atoms with van der Waals surface area (Å²) in [7, 11) is 0. The number of nitrogens with one attached hydrogen (secondary N) is 1. The fourth-order valence-corrected chi connectivity index (χ4v) is 4.08. The van der Waals surface area contributed by atoms with E-state index >= 15 is 0 Å². The molecule has 26 heavy (non-hydrogen) atoms. The molecule has 0 bridgehead atoms. The third kappa shape index (κ3) is 3.04. The molecule has 6 heteroatoms. The summed E-state index contributed by atoms with van der Waals surface area (Å²) in [6.45, 7) is 6.42. The Hall–Kier alpha value is -2.18. The topological polar surface area (TPSA) is 79.9 Å². The Morgan fingerprint density at radius 1 is 1.23 bits per heavy atom. The molecule has 0 atom stereocenters. The molecule has 2 aromatic heterocycles. The van der Waals surface area contributed by atoms with Crippen LogP contribution in [0.5, 0.6) is 0 Å². The SMILES string of the molecule is Cc1[nH]nc2c1c(=O)n(CCCN)c1ccc(CN3CCCCC3)cc21. The molecule has 138 valence electrons. The maximum atomic E-state index is 13.0. The molecular weight excluding hydrogens is 326 g/mol. The van der Waals surface area contributed by atoms with Crippen LogP contribution in [0.1, 0.15) is 36.9 Å². The van der Waals surface area contributed by atoms with E-state index in [9.17, 15) is 4.79 Å². The number of aromatic amines is 1. The number of nitrogens with two attached hydrogens (primary N) is 1. The van der Waals surface area contributed by atoms with Gasteiger partial charge in [0, 0.05) is 24.2 Å². The summed E-state index contributed by atoms with van der Waals surface area (Å²) in [5.41, 5.74) is 9.55. The van der Waals surface area contributed by atoms with Crippen LogP contribution in [0.4, 0.5) is 0 Å². The Balaban J connectivity index is 1.84. The highest BCUT2D eigenvalue weighted by Crippen LogP contribution is 2.25. The fourth-order valence-electron chi connectivity index (χ4n) is 4.08. The van der Waals surface area contributed by atoms with Crippen molar-refractivity contribution in [1.29, 1.82) is 0 Å². The van der Waals surface area contributed by atoms with Crippen LogP contribution in [-0.4, -0.2) is 39.3 Å². The number of hydrogen-bond acceptors (Lipinski definition) is 4. The first kappa shape index (κ1) is 17.2. The standard InChI is InChI=1S/C20H27N5O/c1-14-18-19(23-22-14)16-12-15(13-24-9-3-2-4-10-24)6-7-17(16)25(20(18)26)11-5-8-21/h6-7,12H,2-5,8-11,13,21H2,1H3,(H,22,23). The van der Waals surface area contributed by atoms with Crippen LogP contribution in [0.25, 0.3) is 21.8 Å². The first-order valence-corrected chi connectivity index (χ1v) is 9.61. The van der Waals surface area contributed by atoms with Gasteiger partial charge in [-0.1, -0.05) is 12.5 Å². The van der Waals surface area contributed by atoms with Crippen molar-refractivity contribution in [2.45, 2.75) is 45.7 Å². The molecule has 0 spiro atoms. The highest BCUT2D eigenvalue weighted by Gasteiger charge is 2.16. The number of aryl methyl sites for hydroxylation is 2. The van der Waals surface area contributed by atoms with Gasteiger partial charge in [0.25, 0.3) is 5.56 Å². The van der Waals surface area contributed by atoms with Gasteiger partial charge in [-0.25, -0.2) is 0 Å². The molecule has 0 amide bonds. The lowest BCUT2D eigenvalue weighted by Crippen LogP contribution is -2.29. The smallest absolute Gasteiger partial charge is 0.262 e. The Morgan fingerprint density at radius 2 is 2.04 bits per heavy atom. The summed E-state index contributed by atoms with van der Waals surface area (Å²) in [5, 5.41) is 9.19. The second kappa shape index (κ2) is 7.21. The molecule has 1 aliphatic rings. The lowest BCUT2D eigenvalue weighted by Gasteiger charge is -2.26. The predicted molar refractivity (Wildman–Crippen MR) is 105 cm³/mol. The average molecular weight is 353 g/mol. The first-order valence-electron chi connectivity index (χ1n) is 9.61. The zero-order chi connectivity index (χ0) is 18.1. The van der Waals surface area contributed by atoms with Crippen LogP contribution in [0, 0.1) is 6.92 Å². The molecule has 0 radical (unpaired) electrons. The Bertz CT molecular complexity index is 981. The molecule has 3 heterocycles. The summed E-state index contributed by atoms with van der Waals surface area (Å²) in [5.74, 6) is 0. The minimum absolute atomic E-state index is 0.0241. The molecule has 3 N–H and O–H groups in total. The third-order valence-electron chi connectivity index (χ3n) is 5.45. The molecule has 1 saturated heterocycles. The Kier molecular flexibility index (Phi) is 4.78. The maximum absolute atomic E-state index is 13.0. The van der Waals surface area contributed by atoms with Crippen molar-refractivity contribution < 1.29 is 0 Å². The molecular formula is C20H27N5O. The monoisotopic (exact) mass is 353 g/mol. The number of benzene rings is 1. The predicted octanol–water partition coefficient (Wildman–Crippen LogP) is 2.52. The number of nitrogens with zero attached hydrogens (tertiary/aromatic N) is 3. The number of piperidine rings is 1. The van der Waals surface area contributed by atoms with Gasteiger partial charge in [0.15, 0.2) is 0 Å². The number of likely N-dealkylation sites (tertiary alicyclic amines) is 1. The molecule has 3 aromatic rings. The molecule has 1 aromatic carbocycles. The van der Waals surface area contributed by atoms with Gasteiger partial charge in [0.2, 0.25) is 0 Å². The largest absolute Gasteiger partial charge is 0.330 e. The highest BCUT2D eigenvalue weighted by molar-refractivity contribution is 6.04. The van der Waals surface area contributed by atoms with Crippen LogP contribution in [0.2, 0.25) is 0 Å². The summed E-state index contributed by atoms with van der Waals surface area (Å²) in [6.07, 6.45) is 4.70. The molecule has 6 nitrogen and oxygen atoms in total. The van der Waals surface area contributed by atoms with Crippen LogP contribution in [0.15, 0.2) is 23.0 Å². The van der Waals surface area contributed by atoms with E-state index in [4.69, 9.17) is 5.73 Å². The molecule has 0 unspecified atom stereocenters. The van der Waals surface area contributed by atoms with E-state index < -0.39 is 0 Å². The molecule has 0 saturated carbocycles. The Labute approximate surface area is 153 Å². The van der Waals surface area contributed by atoms with Crippen LogP contribution in [0.3, 0.4) is 0 Å². The summed E-state index contributed by atoms with van der Waals surface area (Å²) in [4.78, 5) is 15.5. The lowest BCUT2D eigenvalue weighted by atomic mass is 10.1. The van der Waals surface area contributed by atoms with E-state index in [1.807, 2.05) is 11.5 Å². The summed E-state index contributed by atoms with van der Waals surface area (Å²) < 4.78 is 1.86. The minimum atomic E-state index is 0.0241. The molecule has 1 aliphatic heterocycles. The second-order valence-corrected chi connectivity index (χ2v) is 7.36. The average Bonchev–Trinajstić information content (AvgIpc) is 3.05. The van der Waals surface area contributed by atoms with Gasteiger partial charge in [0.1, 0.15) is 5.52 Å². The number of rotatable bonds is 5. The summed E-state index contributed by atoms with van der Waals surface area (Å²) >= 11 is 0. The highest BCUT2D eigenvalue weighted by atomic mass is 16.1. The minimum Gasteiger partial charge on any atom is -0.330 e. The Morgan fingerprint density at radius 3 is 2.81 bits per heavy atom. The van der Waals surface area contributed by atoms with E-state index in [1.54, 1.807) is 0 Å². The second-order valence-electron chi connectivity index (χ2n) is 7.36. The van der Waals surface area contributed by atoms with Crippen molar-refractivity contribution in [1.82, 2.24) is 19.7 Å². The third-order valence-corrected chi connectivity index (χ3v) is 5.45. The van der Waals surface area contributed by atoms with Crippen LogP contribution < -0.4 is 11.3 Å². The fraction of sp³-hybridized carbons (Fsp3) is 0.500. The maximum Gasteiger partial charge on any atom is 0.262 e. The van der Waals surface area contributed by atoms with Crippen molar-refractivity contribution in [2.75, 3.05) is 19.6 Å². The number of pyridine rings is 1. The quantitative estimate of drug-likeness (QED) is 0.739. The van der Waals surface area contributed by atoms with Gasteiger partial charge in [-0.15, -0.1) is 0 Å². The normalized spacial score (nSPS) is 15.9. The number of aromatic nitrogens is 3. The zero-order valence-electron chi connectivity index (χ0n) is 15.4. The van der Waals surface area contributed by atoms with E-state index in [0.717, 1.165) is 35.1 Å². The van der Waals surface area contributed by atoms with Crippen molar-refractivity contribution in [2.24, 2.45) is 5.73 Å². The lowest BCUT2D eigenvalue weighted by molar-refractivity contribution is 0.221. The van der Waals surface area contributed by atoms with Gasteiger partial charge in [-0.05, 0) is 63.5 Å². The number of hydrogen-bond donors (Lipinski definition) is 2. The molecule has 0 aliphatic carbocycles. The van der Waals surface area contributed by atoms with Gasteiger partial charge < -0.3 is 10.3 Å². The van der Waals surface area contributed by atoms with E-state index in [1.165, 1.54) is 37.9 Å². The molecule has 4 rings (SSSR count). The van der Waals surface area contributed by atoms with Crippen LogP contribution in [-0.2, 0) is 13.1 Å². The van der Waals surface area contributed by atoms with Gasteiger partial charge in [-0.2, -0.15) is 5.10 Å². The van der Waals surface area contributed by atoms with Crippen molar-refractivity contribution in [3.8, 4) is 0 Å². The zero-order valence-corrected chi connectivity index (χ0v) is 15.4.